The first-order chi connectivity index (χ1) is 10.9. The summed E-state index contributed by atoms with van der Waals surface area (Å²) in [5.41, 5.74) is 9.37. The first-order valence-electron chi connectivity index (χ1n) is 7.67. The normalized spacial score (nSPS) is 21.5. The number of benzene rings is 1. The summed E-state index contributed by atoms with van der Waals surface area (Å²) < 4.78 is 5.28. The van der Waals surface area contributed by atoms with Crippen LogP contribution in [-0.2, 0) is 11.3 Å². The minimum absolute atomic E-state index is 0.246. The predicted molar refractivity (Wildman–Crippen MR) is 87.8 cm³/mol. The van der Waals surface area contributed by atoms with Crippen molar-refractivity contribution in [2.24, 2.45) is 5.11 Å². The van der Waals surface area contributed by atoms with E-state index in [1.165, 1.54) is 5.56 Å². The maximum absolute atomic E-state index is 11.9. The van der Waals surface area contributed by atoms with E-state index in [2.05, 4.69) is 32.4 Å². The van der Waals surface area contributed by atoms with E-state index in [0.717, 1.165) is 6.54 Å². The Kier molecular flexibility index (Phi) is 5.47. The molecular formula is C16H23N5O2. The average Bonchev–Trinajstić information content (AvgIpc) is 2.80. The molecule has 0 radical (unpaired) electrons. The van der Waals surface area contributed by atoms with Crippen molar-refractivity contribution in [3.05, 3.63) is 46.3 Å². The molecule has 1 aliphatic heterocycles. The number of nitrogens with one attached hydrogen (secondary N) is 1. The lowest BCUT2D eigenvalue weighted by molar-refractivity contribution is 0.0502. The molecule has 0 aliphatic carbocycles. The number of carbonyl (C=O) groups is 1. The van der Waals surface area contributed by atoms with Gasteiger partial charge in [-0.05, 0) is 31.9 Å². The van der Waals surface area contributed by atoms with Gasteiger partial charge in [-0.2, -0.15) is 0 Å². The molecule has 2 rings (SSSR count). The molecule has 1 aliphatic rings. The van der Waals surface area contributed by atoms with Crippen molar-refractivity contribution >= 4 is 6.09 Å². The van der Waals surface area contributed by atoms with E-state index < -0.39 is 11.7 Å². The van der Waals surface area contributed by atoms with Crippen molar-refractivity contribution in [1.82, 2.24) is 10.2 Å². The predicted octanol–water partition coefficient (Wildman–Crippen LogP) is 3.07. The van der Waals surface area contributed by atoms with Gasteiger partial charge >= 0.3 is 6.09 Å². The van der Waals surface area contributed by atoms with Crippen LogP contribution in [-0.4, -0.2) is 41.8 Å². The number of hydrogen-bond acceptors (Lipinski definition) is 4. The molecule has 1 amide bonds. The fraction of sp³-hybridized carbons (Fsp3) is 0.562. The molecule has 23 heavy (non-hydrogen) atoms. The topological polar surface area (TPSA) is 90.3 Å². The van der Waals surface area contributed by atoms with E-state index in [9.17, 15) is 4.79 Å². The van der Waals surface area contributed by atoms with Gasteiger partial charge in [-0.1, -0.05) is 35.4 Å². The minimum Gasteiger partial charge on any atom is -0.444 e. The van der Waals surface area contributed by atoms with Gasteiger partial charge in [0.05, 0.1) is 12.1 Å². The Morgan fingerprint density at radius 1 is 1.39 bits per heavy atom. The highest BCUT2D eigenvalue weighted by atomic mass is 16.6. The Morgan fingerprint density at radius 2 is 2.09 bits per heavy atom. The van der Waals surface area contributed by atoms with Gasteiger partial charge in [0.15, 0.2) is 0 Å². The van der Waals surface area contributed by atoms with Gasteiger partial charge in [-0.15, -0.1) is 0 Å². The molecule has 7 heteroatoms. The Bertz CT molecular complexity index is 578. The van der Waals surface area contributed by atoms with Crippen LogP contribution < -0.4 is 5.32 Å². The Balaban J connectivity index is 1.98. The van der Waals surface area contributed by atoms with E-state index in [1.54, 1.807) is 0 Å². The maximum Gasteiger partial charge on any atom is 0.407 e. The average molecular weight is 317 g/mol. The van der Waals surface area contributed by atoms with Crippen LogP contribution in [0.5, 0.6) is 0 Å². The summed E-state index contributed by atoms with van der Waals surface area (Å²) in [6.07, 6.45) is -0.484. The zero-order valence-electron chi connectivity index (χ0n) is 13.8. The number of ether oxygens (including phenoxy) is 1. The number of likely N-dealkylation sites (tertiary alicyclic amines) is 1. The van der Waals surface area contributed by atoms with Gasteiger partial charge < -0.3 is 10.1 Å². The van der Waals surface area contributed by atoms with E-state index in [-0.39, 0.29) is 12.1 Å². The molecule has 7 nitrogen and oxygen atoms in total. The summed E-state index contributed by atoms with van der Waals surface area (Å²) in [6, 6.07) is 9.53. The van der Waals surface area contributed by atoms with Crippen molar-refractivity contribution in [1.29, 1.82) is 0 Å². The summed E-state index contributed by atoms with van der Waals surface area (Å²) in [7, 11) is 0. The lowest BCUT2D eigenvalue weighted by Crippen LogP contribution is -2.44. The van der Waals surface area contributed by atoms with Crippen LogP contribution in [0.1, 0.15) is 26.3 Å². The minimum atomic E-state index is -0.555. The molecule has 0 aromatic heterocycles. The summed E-state index contributed by atoms with van der Waals surface area (Å²) in [4.78, 5) is 17.0. The van der Waals surface area contributed by atoms with Crippen molar-refractivity contribution in [2.45, 2.75) is 45.0 Å². The zero-order chi connectivity index (χ0) is 16.9. The monoisotopic (exact) mass is 317 g/mol. The van der Waals surface area contributed by atoms with E-state index >= 15 is 0 Å². The smallest absolute Gasteiger partial charge is 0.407 e. The summed E-state index contributed by atoms with van der Waals surface area (Å²) in [6.45, 7) is 7.43. The number of azide groups is 1. The van der Waals surface area contributed by atoms with Crippen LogP contribution >= 0.6 is 0 Å². The third kappa shape index (κ3) is 5.47. The van der Waals surface area contributed by atoms with Gasteiger partial charge in [0.1, 0.15) is 5.60 Å². The Labute approximate surface area is 136 Å². The highest BCUT2D eigenvalue weighted by Gasteiger charge is 2.34. The highest BCUT2D eigenvalue weighted by Crippen LogP contribution is 2.18. The second-order valence-electron chi connectivity index (χ2n) is 6.70. The first-order valence-corrected chi connectivity index (χ1v) is 7.67. The standard InChI is InChI=1S/C16H23N5O2/c1-16(2,3)23-15(22)18-13-10-21(11-14(13)19-20-17)9-12-7-5-4-6-8-12/h4-8,13-14H,9-11H2,1-3H3,(H,18,22)/t13-,14-/m1/s1. The molecule has 1 heterocycles. The molecular weight excluding hydrogens is 294 g/mol. The van der Waals surface area contributed by atoms with Crippen LogP contribution in [0.2, 0.25) is 0 Å². The van der Waals surface area contributed by atoms with Crippen LogP contribution in [0.15, 0.2) is 35.4 Å². The van der Waals surface area contributed by atoms with E-state index in [4.69, 9.17) is 10.3 Å². The van der Waals surface area contributed by atoms with Crippen LogP contribution in [0.3, 0.4) is 0 Å². The van der Waals surface area contributed by atoms with E-state index in [1.807, 2.05) is 39.0 Å². The van der Waals surface area contributed by atoms with Crippen molar-refractivity contribution in [3.8, 4) is 0 Å². The number of amides is 1. The fourth-order valence-electron chi connectivity index (χ4n) is 2.62. The van der Waals surface area contributed by atoms with Crippen LogP contribution in [0.25, 0.3) is 10.4 Å². The van der Waals surface area contributed by atoms with Gasteiger partial charge in [-0.25, -0.2) is 4.79 Å². The quantitative estimate of drug-likeness (QED) is 0.525. The molecule has 124 valence electrons. The van der Waals surface area contributed by atoms with Gasteiger partial charge in [0.25, 0.3) is 0 Å². The van der Waals surface area contributed by atoms with Gasteiger partial charge in [0, 0.05) is 24.5 Å². The molecule has 1 N–H and O–H groups in total. The number of carbonyl (C=O) groups excluding carboxylic acids is 1. The number of nitrogens with zero attached hydrogens (tertiary/aromatic N) is 4. The molecule has 1 saturated heterocycles. The van der Waals surface area contributed by atoms with E-state index in [0.29, 0.717) is 13.1 Å². The largest absolute Gasteiger partial charge is 0.444 e. The second-order valence-corrected chi connectivity index (χ2v) is 6.70. The zero-order valence-corrected chi connectivity index (χ0v) is 13.8. The third-order valence-electron chi connectivity index (χ3n) is 3.52. The molecule has 1 aromatic carbocycles. The summed E-state index contributed by atoms with van der Waals surface area (Å²) in [5, 5.41) is 6.63. The second kappa shape index (κ2) is 7.35. The molecule has 1 fully saturated rings. The molecule has 0 unspecified atom stereocenters. The maximum atomic E-state index is 11.9. The Hall–Kier alpha value is -2.24. The number of rotatable bonds is 4. The highest BCUT2D eigenvalue weighted by molar-refractivity contribution is 5.68. The molecule has 0 spiro atoms. The van der Waals surface area contributed by atoms with Gasteiger partial charge in [-0.3, -0.25) is 4.90 Å². The fourth-order valence-corrected chi connectivity index (χ4v) is 2.62. The molecule has 0 saturated carbocycles. The molecule has 0 bridgehead atoms. The first kappa shape index (κ1) is 17.1. The summed E-state index contributed by atoms with van der Waals surface area (Å²) >= 11 is 0. The lowest BCUT2D eigenvalue weighted by atomic mass is 10.2. The lowest BCUT2D eigenvalue weighted by Gasteiger charge is -2.23. The molecule has 2 atom stereocenters. The Morgan fingerprint density at radius 3 is 2.70 bits per heavy atom. The van der Waals surface area contributed by atoms with Gasteiger partial charge in [0.2, 0.25) is 0 Å². The van der Waals surface area contributed by atoms with Crippen molar-refractivity contribution in [3.63, 3.8) is 0 Å². The number of hydrogen-bond donors (Lipinski definition) is 1. The molecule has 1 aromatic rings. The summed E-state index contributed by atoms with van der Waals surface area (Å²) in [5.74, 6) is 0. The van der Waals surface area contributed by atoms with Crippen LogP contribution in [0.4, 0.5) is 4.79 Å². The number of alkyl carbamates (subject to hydrolysis) is 1. The van der Waals surface area contributed by atoms with Crippen molar-refractivity contribution in [2.75, 3.05) is 13.1 Å². The SMILES string of the molecule is CC(C)(C)OC(=O)N[C@@H]1CN(Cc2ccccc2)C[C@H]1N=[N+]=[N-]. The third-order valence-corrected chi connectivity index (χ3v) is 3.52. The van der Waals surface area contributed by atoms with Crippen LogP contribution in [0, 0.1) is 0 Å². The van der Waals surface area contributed by atoms with Crippen molar-refractivity contribution < 1.29 is 9.53 Å².